The number of aliphatic hydroxyl groups excluding tert-OH is 1. The lowest BCUT2D eigenvalue weighted by atomic mass is 10.0. The lowest BCUT2D eigenvalue weighted by molar-refractivity contribution is 0.0937. The first-order chi connectivity index (χ1) is 9.22. The molecule has 0 aliphatic heterocycles. The number of amides is 1. The summed E-state index contributed by atoms with van der Waals surface area (Å²) >= 11 is 0. The Morgan fingerprint density at radius 1 is 1.42 bits per heavy atom. The van der Waals surface area contributed by atoms with E-state index in [-0.39, 0.29) is 12.5 Å². The topological polar surface area (TPSA) is 49.3 Å². The molecular weight excluding hydrogens is 238 g/mol. The van der Waals surface area contributed by atoms with Crippen LogP contribution in [-0.4, -0.2) is 23.7 Å². The van der Waals surface area contributed by atoms with E-state index in [2.05, 4.69) is 17.2 Å². The maximum Gasteiger partial charge on any atom is 0.251 e. The minimum atomic E-state index is -0.169. The largest absolute Gasteiger partial charge is 0.384 e. The molecule has 0 saturated heterocycles. The molecule has 2 rings (SSSR count). The van der Waals surface area contributed by atoms with E-state index in [1.807, 2.05) is 25.1 Å². The summed E-state index contributed by atoms with van der Waals surface area (Å²) in [7, 11) is 0. The van der Waals surface area contributed by atoms with Crippen LogP contribution in [0.15, 0.2) is 18.2 Å². The van der Waals surface area contributed by atoms with E-state index in [1.54, 1.807) is 0 Å². The Labute approximate surface area is 114 Å². The van der Waals surface area contributed by atoms with Crippen molar-refractivity contribution in [2.75, 3.05) is 6.61 Å². The Hall–Kier alpha value is -1.79. The van der Waals surface area contributed by atoms with Gasteiger partial charge in [-0.1, -0.05) is 30.7 Å². The third-order valence-electron chi connectivity index (χ3n) is 3.57. The Morgan fingerprint density at radius 2 is 2.16 bits per heavy atom. The molecule has 0 bridgehead atoms. The number of hydrogen-bond acceptors (Lipinski definition) is 2. The fourth-order valence-electron chi connectivity index (χ4n) is 2.49. The molecule has 0 unspecified atom stereocenters. The average Bonchev–Trinajstić information content (AvgIpc) is 2.90. The lowest BCUT2D eigenvalue weighted by Gasteiger charge is -2.13. The minimum absolute atomic E-state index is 0.0166. The van der Waals surface area contributed by atoms with Gasteiger partial charge in [-0.05, 0) is 37.5 Å². The highest BCUT2D eigenvalue weighted by Crippen LogP contribution is 2.19. The first kappa shape index (κ1) is 13.6. The summed E-state index contributed by atoms with van der Waals surface area (Å²) in [6.45, 7) is 1.73. The van der Waals surface area contributed by atoms with Crippen molar-refractivity contribution < 1.29 is 9.90 Å². The van der Waals surface area contributed by atoms with Crippen LogP contribution in [0.1, 0.15) is 47.2 Å². The zero-order chi connectivity index (χ0) is 13.7. The standard InChI is InChI=1S/C16H19NO2/c1-12-13(7-5-11-18)6-4-10-15(12)16(19)17-14-8-2-3-9-14/h4,6,10,14,18H,2-3,8-9,11H2,1H3,(H,17,19). The Morgan fingerprint density at radius 3 is 2.84 bits per heavy atom. The molecule has 2 N–H and O–H groups in total. The molecule has 1 amide bonds. The average molecular weight is 257 g/mol. The number of nitrogens with one attached hydrogen (secondary N) is 1. The molecule has 1 aliphatic rings. The molecule has 1 aromatic carbocycles. The maximum atomic E-state index is 12.2. The molecule has 0 aromatic heterocycles. The minimum Gasteiger partial charge on any atom is -0.384 e. The van der Waals surface area contributed by atoms with E-state index < -0.39 is 0 Å². The lowest BCUT2D eigenvalue weighted by Crippen LogP contribution is -2.33. The number of hydrogen-bond donors (Lipinski definition) is 2. The van der Waals surface area contributed by atoms with Gasteiger partial charge in [0.05, 0.1) is 0 Å². The van der Waals surface area contributed by atoms with Crippen LogP contribution < -0.4 is 5.32 Å². The van der Waals surface area contributed by atoms with Crippen molar-refractivity contribution in [2.45, 2.75) is 38.6 Å². The molecule has 1 fully saturated rings. The number of carbonyl (C=O) groups is 1. The van der Waals surface area contributed by atoms with Crippen LogP contribution in [0.2, 0.25) is 0 Å². The number of aliphatic hydroxyl groups is 1. The molecule has 1 aliphatic carbocycles. The van der Waals surface area contributed by atoms with Gasteiger partial charge in [0.1, 0.15) is 6.61 Å². The molecular formula is C16H19NO2. The molecule has 19 heavy (non-hydrogen) atoms. The van der Waals surface area contributed by atoms with Gasteiger partial charge in [-0.2, -0.15) is 0 Å². The fourth-order valence-corrected chi connectivity index (χ4v) is 2.49. The van der Waals surface area contributed by atoms with Gasteiger partial charge in [-0.25, -0.2) is 0 Å². The quantitative estimate of drug-likeness (QED) is 0.796. The summed E-state index contributed by atoms with van der Waals surface area (Å²) in [5, 5.41) is 11.8. The summed E-state index contributed by atoms with van der Waals surface area (Å²) in [5.41, 5.74) is 2.35. The van der Waals surface area contributed by atoms with Crippen LogP contribution >= 0.6 is 0 Å². The van der Waals surface area contributed by atoms with Gasteiger partial charge >= 0.3 is 0 Å². The second kappa shape index (κ2) is 6.40. The number of benzene rings is 1. The smallest absolute Gasteiger partial charge is 0.251 e. The fraction of sp³-hybridized carbons (Fsp3) is 0.438. The molecule has 0 atom stereocenters. The molecule has 0 heterocycles. The van der Waals surface area contributed by atoms with Gasteiger partial charge in [0.15, 0.2) is 0 Å². The van der Waals surface area contributed by atoms with E-state index in [0.717, 1.165) is 24.0 Å². The predicted molar refractivity (Wildman–Crippen MR) is 74.9 cm³/mol. The molecule has 3 nitrogen and oxygen atoms in total. The molecule has 3 heteroatoms. The Balaban J connectivity index is 2.16. The third kappa shape index (κ3) is 3.36. The first-order valence-corrected chi connectivity index (χ1v) is 6.72. The summed E-state index contributed by atoms with van der Waals surface area (Å²) < 4.78 is 0. The van der Waals surface area contributed by atoms with Crippen LogP contribution in [0.25, 0.3) is 0 Å². The van der Waals surface area contributed by atoms with Crippen molar-refractivity contribution in [3.8, 4) is 11.8 Å². The zero-order valence-electron chi connectivity index (χ0n) is 11.2. The van der Waals surface area contributed by atoms with E-state index >= 15 is 0 Å². The predicted octanol–water partition coefficient (Wildman–Crippen LogP) is 2.01. The van der Waals surface area contributed by atoms with Gasteiger partial charge in [0, 0.05) is 17.2 Å². The summed E-state index contributed by atoms with van der Waals surface area (Å²) in [6.07, 6.45) is 4.56. The molecule has 100 valence electrons. The SMILES string of the molecule is Cc1c(C#CCO)cccc1C(=O)NC1CCCC1. The Kier molecular flexibility index (Phi) is 4.59. The highest BCUT2D eigenvalue weighted by molar-refractivity contribution is 5.96. The monoisotopic (exact) mass is 257 g/mol. The summed E-state index contributed by atoms with van der Waals surface area (Å²) in [4.78, 5) is 12.2. The van der Waals surface area contributed by atoms with Gasteiger partial charge in [0.2, 0.25) is 0 Å². The molecule has 0 radical (unpaired) electrons. The molecule has 1 saturated carbocycles. The summed E-state index contributed by atoms with van der Waals surface area (Å²) in [6, 6.07) is 5.84. The van der Waals surface area contributed by atoms with Gasteiger partial charge < -0.3 is 10.4 Å². The first-order valence-electron chi connectivity index (χ1n) is 6.72. The van der Waals surface area contributed by atoms with Gasteiger partial charge in [-0.15, -0.1) is 0 Å². The van der Waals surface area contributed by atoms with Crippen LogP contribution in [0.3, 0.4) is 0 Å². The highest BCUT2D eigenvalue weighted by Gasteiger charge is 2.19. The van der Waals surface area contributed by atoms with Crippen LogP contribution in [-0.2, 0) is 0 Å². The van der Waals surface area contributed by atoms with Crippen LogP contribution in [0, 0.1) is 18.8 Å². The second-order valence-electron chi connectivity index (χ2n) is 4.89. The highest BCUT2D eigenvalue weighted by atomic mass is 16.2. The van der Waals surface area contributed by atoms with Crippen LogP contribution in [0.4, 0.5) is 0 Å². The van der Waals surface area contributed by atoms with Gasteiger partial charge in [-0.3, -0.25) is 4.79 Å². The normalized spacial score (nSPS) is 14.8. The van der Waals surface area contributed by atoms with Crippen molar-refractivity contribution in [1.29, 1.82) is 0 Å². The van der Waals surface area contributed by atoms with Gasteiger partial charge in [0.25, 0.3) is 5.91 Å². The summed E-state index contributed by atoms with van der Waals surface area (Å²) in [5.74, 6) is 5.47. The van der Waals surface area contributed by atoms with Crippen molar-refractivity contribution in [1.82, 2.24) is 5.32 Å². The second-order valence-corrected chi connectivity index (χ2v) is 4.89. The molecule has 0 spiro atoms. The Bertz CT molecular complexity index is 519. The van der Waals surface area contributed by atoms with Crippen molar-refractivity contribution in [3.63, 3.8) is 0 Å². The third-order valence-corrected chi connectivity index (χ3v) is 3.57. The van der Waals surface area contributed by atoms with Crippen molar-refractivity contribution >= 4 is 5.91 Å². The molecule has 1 aromatic rings. The van der Waals surface area contributed by atoms with E-state index in [0.29, 0.717) is 11.6 Å². The van der Waals surface area contributed by atoms with Crippen LogP contribution in [0.5, 0.6) is 0 Å². The number of rotatable bonds is 2. The van der Waals surface area contributed by atoms with E-state index in [9.17, 15) is 4.79 Å². The van der Waals surface area contributed by atoms with Crippen molar-refractivity contribution in [3.05, 3.63) is 34.9 Å². The number of carbonyl (C=O) groups excluding carboxylic acids is 1. The van der Waals surface area contributed by atoms with Crippen molar-refractivity contribution in [2.24, 2.45) is 0 Å². The maximum absolute atomic E-state index is 12.2. The van der Waals surface area contributed by atoms with E-state index in [1.165, 1.54) is 12.8 Å². The zero-order valence-corrected chi connectivity index (χ0v) is 11.2. The van der Waals surface area contributed by atoms with E-state index in [4.69, 9.17) is 5.11 Å².